The zero-order chi connectivity index (χ0) is 26.8. The quantitative estimate of drug-likeness (QED) is 0.579. The van der Waals surface area contributed by atoms with Gasteiger partial charge in [-0.05, 0) is 35.2 Å². The number of carbonyl (C=O) groups excluding carboxylic acids is 2. The summed E-state index contributed by atoms with van der Waals surface area (Å²) >= 11 is 0. The minimum atomic E-state index is -2.36. The van der Waals surface area contributed by atoms with E-state index in [-0.39, 0.29) is 28.1 Å². The van der Waals surface area contributed by atoms with Gasteiger partial charge in [0.25, 0.3) is 11.8 Å². The number of halogens is 1. The van der Waals surface area contributed by atoms with Crippen LogP contribution in [0.25, 0.3) is 0 Å². The first-order valence-electron chi connectivity index (χ1n) is 11.9. The van der Waals surface area contributed by atoms with Crippen molar-refractivity contribution in [2.24, 2.45) is 10.2 Å². The first-order chi connectivity index (χ1) is 17.5. The van der Waals surface area contributed by atoms with E-state index in [9.17, 15) is 14.0 Å². The maximum atomic E-state index is 13.5. The number of nitrogens with zero attached hydrogens (tertiary/aromatic N) is 4. The van der Waals surface area contributed by atoms with E-state index in [0.717, 1.165) is 29.7 Å². The van der Waals surface area contributed by atoms with Gasteiger partial charge in [-0.1, -0.05) is 36.4 Å². The molecule has 0 bridgehead atoms. The molecule has 1 aromatic heterocycles. The van der Waals surface area contributed by atoms with Gasteiger partial charge in [0, 0.05) is 31.7 Å². The third-order valence-corrected chi connectivity index (χ3v) is 4.69. The van der Waals surface area contributed by atoms with Gasteiger partial charge in [0.2, 0.25) is 0 Å². The van der Waals surface area contributed by atoms with Crippen molar-refractivity contribution in [1.82, 2.24) is 20.6 Å². The van der Waals surface area contributed by atoms with Crippen LogP contribution in [0.5, 0.6) is 0 Å². The van der Waals surface area contributed by atoms with E-state index in [4.69, 9.17) is 5.48 Å². The van der Waals surface area contributed by atoms with E-state index in [1.807, 2.05) is 0 Å². The highest BCUT2D eigenvalue weighted by Gasteiger charge is 2.14. The molecule has 1 aliphatic heterocycles. The lowest BCUT2D eigenvalue weighted by molar-refractivity contribution is 0.0944. The molecule has 0 atom stereocenters. The Balaban J connectivity index is 1.46. The molecule has 0 unspecified atom stereocenters. The number of benzene rings is 2. The van der Waals surface area contributed by atoms with E-state index < -0.39 is 30.6 Å². The summed E-state index contributed by atoms with van der Waals surface area (Å²) in [6.45, 7) is -3.16. The van der Waals surface area contributed by atoms with Crippen molar-refractivity contribution in [3.05, 3.63) is 94.3 Å². The van der Waals surface area contributed by atoms with Crippen LogP contribution in [0.1, 0.15) is 55.1 Å². The first kappa shape index (κ1) is 17.3. The van der Waals surface area contributed by atoms with Crippen LogP contribution < -0.4 is 10.6 Å². The third-order valence-electron chi connectivity index (χ3n) is 4.69. The van der Waals surface area contributed by atoms with Crippen LogP contribution in [0.3, 0.4) is 0 Å². The van der Waals surface area contributed by atoms with Crippen LogP contribution in [0.2, 0.25) is 0 Å². The summed E-state index contributed by atoms with van der Waals surface area (Å²) in [5.74, 6) is -2.36. The lowest BCUT2D eigenvalue weighted by atomic mass is 10.1. The fourth-order valence-electron chi connectivity index (χ4n) is 2.91. The van der Waals surface area contributed by atoms with Crippen molar-refractivity contribution in [3.8, 4) is 0 Å². The molecule has 33 heavy (non-hydrogen) atoms. The van der Waals surface area contributed by atoms with Gasteiger partial charge >= 0.3 is 0 Å². The molecule has 0 saturated heterocycles. The van der Waals surface area contributed by atoms with Gasteiger partial charge in [-0.2, -0.15) is 10.2 Å². The van der Waals surface area contributed by atoms with Crippen molar-refractivity contribution < 1.29 is 19.5 Å². The number of hydrogen-bond acceptors (Lipinski definition) is 6. The normalized spacial score (nSPS) is 15.0. The van der Waals surface area contributed by atoms with Crippen LogP contribution in [0.4, 0.5) is 4.39 Å². The standard InChI is InChI=1S/C24H21FN6O2/c1-15-10-17(4-7-19(15)25)13-27-24(33)22-11-21(28-14-29-22)23(32)26-12-16-2-5-18(6-3-16)20-8-9-30-31-20/h2-7,9-11,14H,8,12-13H2,1H3,(H,26,32)(H,27,33)/i12D2,13D2. The number of nitrogens with one attached hydrogen (secondary N) is 2. The summed E-state index contributed by atoms with van der Waals surface area (Å²) in [6.07, 6.45) is 3.19. The molecule has 0 fully saturated rings. The van der Waals surface area contributed by atoms with E-state index in [2.05, 4.69) is 30.8 Å². The fourth-order valence-corrected chi connectivity index (χ4v) is 2.91. The number of aryl methyl sites for hydroxylation is 1. The molecule has 3 aromatic rings. The average molecular weight is 448 g/mol. The minimum absolute atomic E-state index is 0.0264. The van der Waals surface area contributed by atoms with Crippen LogP contribution in [-0.2, 0) is 13.0 Å². The summed E-state index contributed by atoms with van der Waals surface area (Å²) in [6, 6.07) is 11.0. The van der Waals surface area contributed by atoms with Crippen molar-refractivity contribution in [1.29, 1.82) is 0 Å². The summed E-state index contributed by atoms with van der Waals surface area (Å²) in [5.41, 5.74) is 1.34. The van der Waals surface area contributed by atoms with Gasteiger partial charge in [0.1, 0.15) is 23.5 Å². The fraction of sp³-hybridized carbons (Fsp3) is 0.167. The summed E-state index contributed by atoms with van der Waals surface area (Å²) in [5, 5.41) is 12.2. The highest BCUT2D eigenvalue weighted by atomic mass is 19.1. The SMILES string of the molecule is [2H]C([2H])(NC(=O)c1cc(C(=O)NC([2H])([2H])c2ccc(F)c(C)c2)ncn1)c1ccc(C2=NN=CC2)cc1. The van der Waals surface area contributed by atoms with Crippen molar-refractivity contribution in [2.75, 3.05) is 0 Å². The molecule has 8 nitrogen and oxygen atoms in total. The maximum Gasteiger partial charge on any atom is 0.270 e. The van der Waals surface area contributed by atoms with Crippen LogP contribution >= 0.6 is 0 Å². The second-order valence-corrected chi connectivity index (χ2v) is 7.04. The molecule has 166 valence electrons. The van der Waals surface area contributed by atoms with E-state index in [1.54, 1.807) is 18.3 Å². The molecule has 2 heterocycles. The maximum absolute atomic E-state index is 13.5. The van der Waals surface area contributed by atoms with Crippen molar-refractivity contribution in [3.63, 3.8) is 0 Å². The molecule has 0 saturated carbocycles. The zero-order valence-electron chi connectivity index (χ0n) is 21.5. The molecule has 9 heteroatoms. The van der Waals surface area contributed by atoms with Crippen molar-refractivity contribution >= 4 is 23.7 Å². The zero-order valence-corrected chi connectivity index (χ0v) is 17.5. The lowest BCUT2D eigenvalue weighted by Gasteiger charge is -2.08. The smallest absolute Gasteiger partial charge is 0.270 e. The van der Waals surface area contributed by atoms with E-state index in [1.165, 1.54) is 31.2 Å². The monoisotopic (exact) mass is 448 g/mol. The Morgan fingerprint density at radius 3 is 2.21 bits per heavy atom. The number of hydrogen-bond donors (Lipinski definition) is 2. The van der Waals surface area contributed by atoms with E-state index >= 15 is 0 Å². The first-order valence-corrected chi connectivity index (χ1v) is 9.89. The highest BCUT2D eigenvalue weighted by Crippen LogP contribution is 2.11. The molecule has 0 spiro atoms. The van der Waals surface area contributed by atoms with Crippen LogP contribution in [-0.4, -0.2) is 33.7 Å². The number of amides is 2. The molecule has 0 radical (unpaired) electrons. The van der Waals surface area contributed by atoms with Crippen molar-refractivity contribution in [2.45, 2.75) is 26.3 Å². The Morgan fingerprint density at radius 1 is 0.970 bits per heavy atom. The Labute approximate surface area is 195 Å². The molecule has 4 rings (SSSR count). The Bertz CT molecular complexity index is 1430. The Kier molecular flexibility index (Phi) is 5.19. The largest absolute Gasteiger partial charge is 0.347 e. The topological polar surface area (TPSA) is 109 Å². The molecule has 2 amide bonds. The molecule has 2 N–H and O–H groups in total. The van der Waals surface area contributed by atoms with Gasteiger partial charge in [0.15, 0.2) is 0 Å². The number of carbonyl (C=O) groups is 2. The summed E-state index contributed by atoms with van der Waals surface area (Å²) in [7, 11) is 0. The van der Waals surface area contributed by atoms with Crippen LogP contribution in [0.15, 0.2) is 65.1 Å². The van der Waals surface area contributed by atoms with E-state index in [0.29, 0.717) is 6.42 Å². The molecular formula is C24H21FN6O2. The predicted molar refractivity (Wildman–Crippen MR) is 122 cm³/mol. The van der Waals surface area contributed by atoms with Gasteiger partial charge in [-0.15, -0.1) is 0 Å². The Morgan fingerprint density at radius 2 is 1.61 bits per heavy atom. The highest BCUT2D eigenvalue weighted by molar-refractivity contribution is 6.09. The second kappa shape index (κ2) is 9.90. The van der Waals surface area contributed by atoms with Crippen LogP contribution in [0, 0.1) is 12.7 Å². The minimum Gasteiger partial charge on any atom is -0.347 e. The van der Waals surface area contributed by atoms with Gasteiger partial charge in [0.05, 0.1) is 11.2 Å². The summed E-state index contributed by atoms with van der Waals surface area (Å²) < 4.78 is 46.4. The third kappa shape index (κ3) is 5.51. The second-order valence-electron chi connectivity index (χ2n) is 7.04. The predicted octanol–water partition coefficient (Wildman–Crippen LogP) is 2.96. The Hall–Kier alpha value is -4.27. The van der Waals surface area contributed by atoms with Gasteiger partial charge in [-0.25, -0.2) is 14.4 Å². The molecular weight excluding hydrogens is 423 g/mol. The number of aromatic nitrogens is 2. The molecule has 0 aliphatic carbocycles. The van der Waals surface area contributed by atoms with Gasteiger partial charge < -0.3 is 10.6 Å². The lowest BCUT2D eigenvalue weighted by Crippen LogP contribution is -2.27. The number of rotatable bonds is 7. The van der Waals surface area contributed by atoms with Gasteiger partial charge in [-0.3, -0.25) is 9.59 Å². The average Bonchev–Trinajstić information content (AvgIpc) is 3.40. The molecule has 1 aliphatic rings. The summed E-state index contributed by atoms with van der Waals surface area (Å²) in [4.78, 5) is 33.0. The molecule has 2 aromatic carbocycles.